The van der Waals surface area contributed by atoms with E-state index in [2.05, 4.69) is 15.3 Å². The molecule has 1 aromatic heterocycles. The van der Waals surface area contributed by atoms with Crippen LogP contribution in [0.1, 0.15) is 12.0 Å². The van der Waals surface area contributed by atoms with E-state index in [1.807, 2.05) is 30.3 Å². The number of nitrogens with one attached hydrogen (secondary N) is 1. The van der Waals surface area contributed by atoms with E-state index in [0.717, 1.165) is 5.56 Å². The summed E-state index contributed by atoms with van der Waals surface area (Å²) >= 11 is 5.60. The van der Waals surface area contributed by atoms with Crippen LogP contribution in [0.4, 0.5) is 5.82 Å². The van der Waals surface area contributed by atoms with Gasteiger partial charge in [-0.3, -0.25) is 4.79 Å². The van der Waals surface area contributed by atoms with E-state index >= 15 is 0 Å². The van der Waals surface area contributed by atoms with Crippen LogP contribution in [0.3, 0.4) is 0 Å². The molecular weight excluding hydrogens is 250 g/mol. The van der Waals surface area contributed by atoms with Crippen LogP contribution in [0.25, 0.3) is 0 Å². The molecule has 0 radical (unpaired) electrons. The average Bonchev–Trinajstić information content (AvgIpc) is 2.40. The molecule has 1 aromatic carbocycles. The highest BCUT2D eigenvalue weighted by molar-refractivity contribution is 6.29. The smallest absolute Gasteiger partial charge is 0.225 e. The number of aromatic nitrogens is 2. The van der Waals surface area contributed by atoms with Crippen molar-refractivity contribution < 1.29 is 4.79 Å². The standard InChI is InChI=1S/C13H12ClN3O/c14-11-8-16-12(9-15-11)17-13(18)7-6-10-4-2-1-3-5-10/h1-5,8-9H,6-7H2,(H,16,17,18). The topological polar surface area (TPSA) is 54.9 Å². The molecule has 0 spiro atoms. The lowest BCUT2D eigenvalue weighted by molar-refractivity contribution is -0.116. The highest BCUT2D eigenvalue weighted by Crippen LogP contribution is 2.07. The van der Waals surface area contributed by atoms with E-state index in [1.165, 1.54) is 12.4 Å². The number of halogens is 1. The van der Waals surface area contributed by atoms with Crippen molar-refractivity contribution in [1.29, 1.82) is 0 Å². The number of benzene rings is 1. The summed E-state index contributed by atoms with van der Waals surface area (Å²) in [6, 6.07) is 9.85. The molecule has 0 aliphatic rings. The first kappa shape index (κ1) is 12.5. The van der Waals surface area contributed by atoms with Gasteiger partial charge in [-0.15, -0.1) is 0 Å². The highest BCUT2D eigenvalue weighted by Gasteiger charge is 2.04. The zero-order chi connectivity index (χ0) is 12.8. The maximum absolute atomic E-state index is 11.7. The SMILES string of the molecule is O=C(CCc1ccccc1)Nc1cnc(Cl)cn1. The summed E-state index contributed by atoms with van der Waals surface area (Å²) in [6.45, 7) is 0. The van der Waals surface area contributed by atoms with Crippen molar-refractivity contribution in [2.24, 2.45) is 0 Å². The van der Waals surface area contributed by atoms with E-state index in [-0.39, 0.29) is 5.91 Å². The number of carbonyl (C=O) groups is 1. The molecular formula is C13H12ClN3O. The van der Waals surface area contributed by atoms with Gasteiger partial charge < -0.3 is 5.32 Å². The first-order chi connectivity index (χ1) is 8.74. The number of carbonyl (C=O) groups excluding carboxylic acids is 1. The summed E-state index contributed by atoms with van der Waals surface area (Å²) in [5.74, 6) is 0.327. The van der Waals surface area contributed by atoms with Gasteiger partial charge in [0.1, 0.15) is 5.15 Å². The molecule has 0 saturated carbocycles. The Morgan fingerprint density at radius 3 is 2.61 bits per heavy atom. The second-order valence-electron chi connectivity index (χ2n) is 3.76. The number of anilines is 1. The average molecular weight is 262 g/mol. The van der Waals surface area contributed by atoms with Crippen molar-refractivity contribution in [3.8, 4) is 0 Å². The molecule has 0 unspecified atom stereocenters. The molecule has 2 aromatic rings. The molecule has 0 fully saturated rings. The second kappa shape index (κ2) is 6.12. The van der Waals surface area contributed by atoms with Crippen LogP contribution in [0.2, 0.25) is 5.15 Å². The number of aryl methyl sites for hydroxylation is 1. The van der Waals surface area contributed by atoms with Gasteiger partial charge in [0, 0.05) is 6.42 Å². The van der Waals surface area contributed by atoms with Crippen LogP contribution >= 0.6 is 11.6 Å². The molecule has 0 aliphatic carbocycles. The molecule has 0 bridgehead atoms. The Morgan fingerprint density at radius 1 is 1.17 bits per heavy atom. The highest BCUT2D eigenvalue weighted by atomic mass is 35.5. The van der Waals surface area contributed by atoms with Gasteiger partial charge in [0.2, 0.25) is 5.91 Å². The van der Waals surface area contributed by atoms with Gasteiger partial charge in [-0.25, -0.2) is 9.97 Å². The third kappa shape index (κ3) is 3.82. The van der Waals surface area contributed by atoms with Gasteiger partial charge >= 0.3 is 0 Å². The van der Waals surface area contributed by atoms with Crippen molar-refractivity contribution in [1.82, 2.24) is 9.97 Å². The fraction of sp³-hybridized carbons (Fsp3) is 0.154. The van der Waals surface area contributed by atoms with Crippen molar-refractivity contribution in [3.05, 3.63) is 53.4 Å². The molecule has 1 heterocycles. The van der Waals surface area contributed by atoms with Crippen LogP contribution in [-0.2, 0) is 11.2 Å². The summed E-state index contributed by atoms with van der Waals surface area (Å²) in [4.78, 5) is 19.4. The Kier molecular flexibility index (Phi) is 4.25. The predicted molar refractivity (Wildman–Crippen MR) is 70.4 cm³/mol. The number of nitrogens with zero attached hydrogens (tertiary/aromatic N) is 2. The van der Waals surface area contributed by atoms with E-state index in [1.54, 1.807) is 0 Å². The molecule has 0 saturated heterocycles. The van der Waals surface area contributed by atoms with Gasteiger partial charge in [0.05, 0.1) is 12.4 Å². The van der Waals surface area contributed by atoms with Crippen molar-refractivity contribution in [2.75, 3.05) is 5.32 Å². The van der Waals surface area contributed by atoms with Gasteiger partial charge in [-0.05, 0) is 12.0 Å². The van der Waals surface area contributed by atoms with E-state index in [9.17, 15) is 4.79 Å². The Morgan fingerprint density at radius 2 is 1.94 bits per heavy atom. The minimum Gasteiger partial charge on any atom is -0.309 e. The Hall–Kier alpha value is -1.94. The quantitative estimate of drug-likeness (QED) is 0.921. The minimum atomic E-state index is -0.0875. The first-order valence-electron chi connectivity index (χ1n) is 5.55. The molecule has 0 atom stereocenters. The lowest BCUT2D eigenvalue weighted by Gasteiger charge is -2.04. The van der Waals surface area contributed by atoms with Crippen LogP contribution in [-0.4, -0.2) is 15.9 Å². The van der Waals surface area contributed by atoms with Gasteiger partial charge in [0.25, 0.3) is 0 Å². The molecule has 18 heavy (non-hydrogen) atoms. The predicted octanol–water partition coefficient (Wildman–Crippen LogP) is 2.70. The van der Waals surface area contributed by atoms with Crippen LogP contribution in [0.15, 0.2) is 42.7 Å². The fourth-order valence-electron chi connectivity index (χ4n) is 1.48. The zero-order valence-corrected chi connectivity index (χ0v) is 10.4. The third-order valence-corrected chi connectivity index (χ3v) is 2.57. The first-order valence-corrected chi connectivity index (χ1v) is 5.93. The second-order valence-corrected chi connectivity index (χ2v) is 4.15. The summed E-state index contributed by atoms with van der Waals surface area (Å²) < 4.78 is 0. The Labute approximate surface area is 110 Å². The van der Waals surface area contributed by atoms with E-state index in [4.69, 9.17) is 11.6 Å². The maximum Gasteiger partial charge on any atom is 0.225 e. The lowest BCUT2D eigenvalue weighted by Crippen LogP contribution is -2.13. The number of hydrogen-bond donors (Lipinski definition) is 1. The summed E-state index contributed by atoms with van der Waals surface area (Å²) in [7, 11) is 0. The van der Waals surface area contributed by atoms with Gasteiger partial charge in [0.15, 0.2) is 5.82 Å². The van der Waals surface area contributed by atoms with Crippen LogP contribution in [0, 0.1) is 0 Å². The summed E-state index contributed by atoms with van der Waals surface area (Å²) in [6.07, 6.45) is 3.94. The molecule has 1 N–H and O–H groups in total. The van der Waals surface area contributed by atoms with Crippen molar-refractivity contribution >= 4 is 23.3 Å². The van der Waals surface area contributed by atoms with Crippen LogP contribution < -0.4 is 5.32 Å². The fourth-order valence-corrected chi connectivity index (χ4v) is 1.58. The molecule has 5 heteroatoms. The van der Waals surface area contributed by atoms with Gasteiger partial charge in [-0.2, -0.15) is 0 Å². The normalized spacial score (nSPS) is 10.1. The van der Waals surface area contributed by atoms with E-state index < -0.39 is 0 Å². The van der Waals surface area contributed by atoms with Crippen molar-refractivity contribution in [3.63, 3.8) is 0 Å². The number of amides is 1. The Bertz CT molecular complexity index is 514. The van der Waals surface area contributed by atoms with Crippen LogP contribution in [0.5, 0.6) is 0 Å². The minimum absolute atomic E-state index is 0.0875. The lowest BCUT2D eigenvalue weighted by atomic mass is 10.1. The monoisotopic (exact) mass is 261 g/mol. The molecule has 1 amide bonds. The summed E-state index contributed by atoms with van der Waals surface area (Å²) in [5, 5.41) is 2.97. The molecule has 4 nitrogen and oxygen atoms in total. The van der Waals surface area contributed by atoms with Gasteiger partial charge in [-0.1, -0.05) is 41.9 Å². The summed E-state index contributed by atoms with van der Waals surface area (Å²) in [5.41, 5.74) is 1.13. The largest absolute Gasteiger partial charge is 0.309 e. The third-order valence-electron chi connectivity index (χ3n) is 2.37. The van der Waals surface area contributed by atoms with E-state index in [0.29, 0.717) is 23.8 Å². The molecule has 0 aliphatic heterocycles. The molecule has 92 valence electrons. The molecule has 2 rings (SSSR count). The maximum atomic E-state index is 11.7. The number of hydrogen-bond acceptors (Lipinski definition) is 3. The zero-order valence-electron chi connectivity index (χ0n) is 9.64. The van der Waals surface area contributed by atoms with Crippen molar-refractivity contribution in [2.45, 2.75) is 12.8 Å². The Balaban J connectivity index is 1.84. The number of rotatable bonds is 4.